The minimum atomic E-state index is -1.91. The highest BCUT2D eigenvalue weighted by molar-refractivity contribution is 6.59. The lowest BCUT2D eigenvalue weighted by Crippen LogP contribution is -2.44. The normalized spacial score (nSPS) is 19.0. The van der Waals surface area contributed by atoms with Crippen LogP contribution >= 0.6 is 0 Å². The molecule has 3 aliphatic rings. The minimum absolute atomic E-state index is 0.0351. The summed E-state index contributed by atoms with van der Waals surface area (Å²) in [7, 11) is -1.91. The third kappa shape index (κ3) is 7.24. The second kappa shape index (κ2) is 14.5. The van der Waals surface area contributed by atoms with E-state index in [-0.39, 0.29) is 69.1 Å². The molecule has 264 valence electrons. The molecule has 0 radical (unpaired) electrons. The molecule has 7 rings (SSSR count). The van der Waals surface area contributed by atoms with Gasteiger partial charge < -0.3 is 34.5 Å². The van der Waals surface area contributed by atoms with Gasteiger partial charge in [0.2, 0.25) is 5.91 Å². The van der Waals surface area contributed by atoms with E-state index in [1.165, 1.54) is 36.5 Å². The fraction of sp³-hybridized carbons (Fsp3) is 0.389. The van der Waals surface area contributed by atoms with E-state index in [0.717, 1.165) is 32.5 Å². The van der Waals surface area contributed by atoms with Gasteiger partial charge in [0.05, 0.1) is 50.0 Å². The van der Waals surface area contributed by atoms with E-state index in [0.29, 0.717) is 44.2 Å². The molecule has 51 heavy (non-hydrogen) atoms. The first kappa shape index (κ1) is 34.7. The summed E-state index contributed by atoms with van der Waals surface area (Å²) in [6, 6.07) is 4.90. The number of amides is 1. The van der Waals surface area contributed by atoms with Crippen LogP contribution in [0.4, 0.5) is 14.6 Å². The number of nitrogens with zero attached hydrogens (tertiary/aromatic N) is 5. The zero-order valence-corrected chi connectivity index (χ0v) is 27.9. The molecule has 1 atom stereocenters. The Morgan fingerprint density at radius 2 is 1.96 bits per heavy atom. The SMILES string of the molecule is C#Cc1c(F)ccc2cc(B(O)O)cc(-c3ncc4c(N5CCOC[C@H](NC(=O)C=C)C5)nc(OCC5(CN6CCOCC6)CC5)nc4c3F)c12. The molecule has 0 bridgehead atoms. The maximum atomic E-state index is 17.0. The first-order valence-corrected chi connectivity index (χ1v) is 16.8. The highest BCUT2D eigenvalue weighted by atomic mass is 19.1. The van der Waals surface area contributed by atoms with E-state index in [9.17, 15) is 19.2 Å². The molecular formula is C36H37BF2N6O6. The van der Waals surface area contributed by atoms with E-state index in [1.54, 1.807) is 0 Å². The van der Waals surface area contributed by atoms with Crippen LogP contribution in [0.1, 0.15) is 18.4 Å². The molecule has 15 heteroatoms. The molecule has 2 aromatic carbocycles. The van der Waals surface area contributed by atoms with Crippen molar-refractivity contribution in [2.24, 2.45) is 5.41 Å². The second-order valence-electron chi connectivity index (χ2n) is 13.2. The highest BCUT2D eigenvalue weighted by Gasteiger charge is 2.45. The summed E-state index contributed by atoms with van der Waals surface area (Å²) >= 11 is 0. The van der Waals surface area contributed by atoms with E-state index in [4.69, 9.17) is 25.6 Å². The Labute approximate surface area is 293 Å². The predicted octanol–water partition coefficient (Wildman–Crippen LogP) is 1.78. The highest BCUT2D eigenvalue weighted by Crippen LogP contribution is 2.47. The number of fused-ring (bicyclic) bond motifs is 2. The number of halogens is 2. The number of terminal acetylenes is 1. The number of nitrogens with one attached hydrogen (secondary N) is 1. The summed E-state index contributed by atoms with van der Waals surface area (Å²) in [5.41, 5.74) is -0.460. The number of hydrogen-bond donors (Lipinski definition) is 3. The topological polar surface area (TPSA) is 142 Å². The Hall–Kier alpha value is -4.72. The van der Waals surface area contributed by atoms with Gasteiger partial charge in [-0.1, -0.05) is 30.7 Å². The number of benzene rings is 2. The van der Waals surface area contributed by atoms with E-state index in [1.807, 2.05) is 4.90 Å². The number of carbonyl (C=O) groups is 1. The van der Waals surface area contributed by atoms with Crippen LogP contribution in [0.3, 0.4) is 0 Å². The molecule has 2 saturated heterocycles. The van der Waals surface area contributed by atoms with Gasteiger partial charge in [0.25, 0.3) is 0 Å². The van der Waals surface area contributed by atoms with Crippen molar-refractivity contribution in [2.75, 3.05) is 70.7 Å². The van der Waals surface area contributed by atoms with Gasteiger partial charge in [0, 0.05) is 55.3 Å². The Morgan fingerprint density at radius 3 is 2.69 bits per heavy atom. The molecule has 4 heterocycles. The Morgan fingerprint density at radius 1 is 1.18 bits per heavy atom. The first-order chi connectivity index (χ1) is 24.7. The molecule has 0 unspecified atom stereocenters. The molecule has 2 aliphatic heterocycles. The fourth-order valence-corrected chi connectivity index (χ4v) is 6.78. The Bertz CT molecular complexity index is 2030. The van der Waals surface area contributed by atoms with Gasteiger partial charge in [0.1, 0.15) is 22.8 Å². The lowest BCUT2D eigenvalue weighted by molar-refractivity contribution is -0.117. The summed E-state index contributed by atoms with van der Waals surface area (Å²) in [5.74, 6) is 0.753. The van der Waals surface area contributed by atoms with Crippen molar-refractivity contribution in [1.29, 1.82) is 0 Å². The number of anilines is 1. The standard InChI is InChI=1S/C36H37BF2N6O6/c1-3-25-28(38)6-5-22-15-23(37(47)48)16-26(30(22)25)32-31(39)33-27(17-40-32)34(45-11-14-50-19-24(18-45)41-29(46)4-2)43-35(42-33)51-21-36(7-8-36)20-44-9-12-49-13-10-44/h1,4-6,15-17,24,47-48H,2,7-14,18-21H2,(H,41,46)/t24-/m1/s1. The number of rotatable bonds is 10. The molecular weight excluding hydrogens is 661 g/mol. The van der Waals surface area contributed by atoms with Crippen LogP contribution in [-0.2, 0) is 14.3 Å². The molecule has 1 amide bonds. The number of morpholine rings is 1. The minimum Gasteiger partial charge on any atom is -0.463 e. The summed E-state index contributed by atoms with van der Waals surface area (Å²) in [6.07, 6.45) is 10.2. The fourth-order valence-electron chi connectivity index (χ4n) is 6.78. The molecule has 4 aromatic rings. The van der Waals surface area contributed by atoms with Gasteiger partial charge in [0.15, 0.2) is 5.82 Å². The number of carbonyl (C=O) groups excluding carboxylic acids is 1. The lowest BCUT2D eigenvalue weighted by atomic mass is 9.77. The van der Waals surface area contributed by atoms with Crippen molar-refractivity contribution in [3.8, 4) is 29.6 Å². The van der Waals surface area contributed by atoms with Crippen LogP contribution < -0.4 is 20.4 Å². The molecule has 1 saturated carbocycles. The van der Waals surface area contributed by atoms with Gasteiger partial charge in [-0.2, -0.15) is 9.97 Å². The van der Waals surface area contributed by atoms with Gasteiger partial charge in [-0.3, -0.25) is 14.7 Å². The van der Waals surface area contributed by atoms with Gasteiger partial charge in [-0.05, 0) is 35.8 Å². The maximum absolute atomic E-state index is 17.0. The zero-order chi connectivity index (χ0) is 35.7. The van der Waals surface area contributed by atoms with Crippen LogP contribution in [-0.4, -0.2) is 115 Å². The quantitative estimate of drug-likeness (QED) is 0.127. The van der Waals surface area contributed by atoms with Crippen LogP contribution in [0, 0.1) is 29.4 Å². The van der Waals surface area contributed by atoms with Gasteiger partial charge >= 0.3 is 13.1 Å². The van der Waals surface area contributed by atoms with Crippen molar-refractivity contribution < 1.29 is 37.8 Å². The lowest BCUT2D eigenvalue weighted by Gasteiger charge is -2.30. The second-order valence-corrected chi connectivity index (χ2v) is 13.2. The average Bonchev–Trinajstić information content (AvgIpc) is 3.94. The van der Waals surface area contributed by atoms with Crippen molar-refractivity contribution in [3.63, 3.8) is 0 Å². The predicted molar refractivity (Wildman–Crippen MR) is 188 cm³/mol. The molecule has 12 nitrogen and oxygen atoms in total. The largest absolute Gasteiger partial charge is 0.488 e. The molecule has 1 aliphatic carbocycles. The Kier molecular flexibility index (Phi) is 9.87. The zero-order valence-electron chi connectivity index (χ0n) is 27.9. The smallest absolute Gasteiger partial charge is 0.463 e. The number of ether oxygens (including phenoxy) is 3. The third-order valence-electron chi connectivity index (χ3n) is 9.65. The van der Waals surface area contributed by atoms with Crippen LogP contribution in [0.5, 0.6) is 6.01 Å². The summed E-state index contributed by atoms with van der Waals surface area (Å²) in [5, 5.41) is 23.8. The maximum Gasteiger partial charge on any atom is 0.488 e. The van der Waals surface area contributed by atoms with Gasteiger partial charge in [-0.15, -0.1) is 6.42 Å². The number of pyridine rings is 1. The van der Waals surface area contributed by atoms with E-state index < -0.39 is 24.8 Å². The van der Waals surface area contributed by atoms with Crippen LogP contribution in [0.15, 0.2) is 43.1 Å². The molecule has 3 N–H and O–H groups in total. The third-order valence-corrected chi connectivity index (χ3v) is 9.65. The van der Waals surface area contributed by atoms with Crippen molar-refractivity contribution in [3.05, 3.63) is 60.3 Å². The van der Waals surface area contributed by atoms with Crippen LogP contribution in [0.2, 0.25) is 0 Å². The molecule has 0 spiro atoms. The summed E-state index contributed by atoms with van der Waals surface area (Å²) in [6.45, 7) is 8.93. The monoisotopic (exact) mass is 698 g/mol. The van der Waals surface area contributed by atoms with E-state index >= 15 is 4.39 Å². The number of aromatic nitrogens is 3. The first-order valence-electron chi connectivity index (χ1n) is 16.8. The van der Waals surface area contributed by atoms with Crippen molar-refractivity contribution in [1.82, 2.24) is 25.2 Å². The van der Waals surface area contributed by atoms with Crippen molar-refractivity contribution in [2.45, 2.75) is 18.9 Å². The van der Waals surface area contributed by atoms with E-state index in [2.05, 4.69) is 32.7 Å². The average molecular weight is 699 g/mol. The Balaban J connectivity index is 1.34. The number of hydrogen-bond acceptors (Lipinski definition) is 11. The van der Waals surface area contributed by atoms with Crippen molar-refractivity contribution >= 4 is 46.0 Å². The molecule has 3 fully saturated rings. The summed E-state index contributed by atoms with van der Waals surface area (Å²) in [4.78, 5) is 30.2. The van der Waals surface area contributed by atoms with Crippen LogP contribution in [0.25, 0.3) is 32.9 Å². The molecule has 2 aromatic heterocycles. The van der Waals surface area contributed by atoms with Gasteiger partial charge in [-0.25, -0.2) is 8.78 Å². The summed E-state index contributed by atoms with van der Waals surface area (Å²) < 4.78 is 49.6.